The summed E-state index contributed by atoms with van der Waals surface area (Å²) in [5.74, 6) is 6.21. The Morgan fingerprint density at radius 2 is 2.11 bits per heavy atom. The number of ether oxygens (including phenoxy) is 1. The normalized spacial score (nSPS) is 17.8. The molecule has 1 amide bonds. The molecule has 0 bridgehead atoms. The molecule has 1 fully saturated rings. The summed E-state index contributed by atoms with van der Waals surface area (Å²) in [4.78, 5) is 14.3. The van der Waals surface area contributed by atoms with Gasteiger partial charge in [-0.1, -0.05) is 50.1 Å². The van der Waals surface area contributed by atoms with E-state index in [1.807, 2.05) is 0 Å². The number of nitrogens with one attached hydrogen (secondary N) is 1. The molecule has 3 rings (SSSR count). The van der Waals surface area contributed by atoms with Crippen molar-refractivity contribution in [1.29, 1.82) is 0 Å². The zero-order valence-corrected chi connectivity index (χ0v) is 16.2. The summed E-state index contributed by atoms with van der Waals surface area (Å²) in [7, 11) is 0. The molecule has 1 unspecified atom stereocenters. The molecule has 1 saturated heterocycles. The molecular formula is C22H31N3O2. The van der Waals surface area contributed by atoms with Crippen molar-refractivity contribution in [2.24, 2.45) is 11.8 Å². The maximum atomic E-state index is 12.0. The number of carbonyl (C=O) groups excluding carboxylic acids is 1. The second-order valence-electron chi connectivity index (χ2n) is 7.40. The quantitative estimate of drug-likeness (QED) is 0.323. The first-order valence-corrected chi connectivity index (χ1v) is 10.1. The Hall–Kier alpha value is -2.11. The van der Waals surface area contributed by atoms with E-state index in [1.54, 1.807) is 0 Å². The molecule has 3 N–H and O–H groups in total. The maximum absolute atomic E-state index is 12.0. The summed E-state index contributed by atoms with van der Waals surface area (Å²) in [5, 5.41) is 2.46. The number of benzene rings is 2. The number of nitrogens with two attached hydrogens (primary N) is 1. The third-order valence-electron chi connectivity index (χ3n) is 5.40. The SMILES string of the molecule is CCCCCOc1ccc2ccccc2c1CN1CCCC(C(=O)NN)C1. The van der Waals surface area contributed by atoms with Crippen molar-refractivity contribution >= 4 is 16.7 Å². The fourth-order valence-electron chi connectivity index (χ4n) is 3.90. The van der Waals surface area contributed by atoms with Gasteiger partial charge in [-0.25, -0.2) is 5.84 Å². The molecule has 0 spiro atoms. The van der Waals surface area contributed by atoms with Gasteiger partial charge in [-0.3, -0.25) is 15.1 Å². The smallest absolute Gasteiger partial charge is 0.238 e. The number of hydrogen-bond acceptors (Lipinski definition) is 4. The summed E-state index contributed by atoms with van der Waals surface area (Å²) in [6.45, 7) is 5.47. The van der Waals surface area contributed by atoms with Gasteiger partial charge in [0.05, 0.1) is 12.5 Å². The summed E-state index contributed by atoms with van der Waals surface area (Å²) in [6.07, 6.45) is 5.35. The van der Waals surface area contributed by atoms with E-state index in [0.29, 0.717) is 0 Å². The zero-order chi connectivity index (χ0) is 19.1. The molecule has 1 atom stereocenters. The molecule has 5 heteroatoms. The second-order valence-corrected chi connectivity index (χ2v) is 7.40. The molecule has 0 radical (unpaired) electrons. The Labute approximate surface area is 161 Å². The number of amides is 1. The van der Waals surface area contributed by atoms with Crippen molar-refractivity contribution < 1.29 is 9.53 Å². The van der Waals surface area contributed by atoms with Crippen LogP contribution in [0.1, 0.15) is 44.6 Å². The average molecular weight is 370 g/mol. The number of unbranched alkanes of at least 4 members (excludes halogenated alkanes) is 2. The number of fused-ring (bicyclic) bond motifs is 1. The van der Waals surface area contributed by atoms with Gasteiger partial charge in [0.1, 0.15) is 5.75 Å². The van der Waals surface area contributed by atoms with Gasteiger partial charge in [0.15, 0.2) is 0 Å². The molecule has 2 aromatic rings. The first-order chi connectivity index (χ1) is 13.2. The molecular weight excluding hydrogens is 338 g/mol. The largest absolute Gasteiger partial charge is 0.493 e. The highest BCUT2D eigenvalue weighted by Gasteiger charge is 2.26. The summed E-state index contributed by atoms with van der Waals surface area (Å²) >= 11 is 0. The van der Waals surface area contributed by atoms with Gasteiger partial charge in [-0.2, -0.15) is 0 Å². The van der Waals surface area contributed by atoms with Crippen LogP contribution in [0.5, 0.6) is 5.75 Å². The fraction of sp³-hybridized carbons (Fsp3) is 0.500. The summed E-state index contributed by atoms with van der Waals surface area (Å²) < 4.78 is 6.16. The van der Waals surface area contributed by atoms with Crippen molar-refractivity contribution in [3.05, 3.63) is 42.0 Å². The number of rotatable bonds is 8. The summed E-state index contributed by atoms with van der Waals surface area (Å²) in [5.41, 5.74) is 3.53. The van der Waals surface area contributed by atoms with Crippen molar-refractivity contribution in [2.75, 3.05) is 19.7 Å². The maximum Gasteiger partial charge on any atom is 0.238 e. The van der Waals surface area contributed by atoms with Gasteiger partial charge in [-0.15, -0.1) is 0 Å². The average Bonchev–Trinajstić information content (AvgIpc) is 2.72. The van der Waals surface area contributed by atoms with E-state index in [9.17, 15) is 4.79 Å². The zero-order valence-electron chi connectivity index (χ0n) is 16.2. The molecule has 0 saturated carbocycles. The molecule has 1 aliphatic rings. The van der Waals surface area contributed by atoms with Crippen LogP contribution in [0, 0.1) is 5.92 Å². The summed E-state index contributed by atoms with van der Waals surface area (Å²) in [6, 6.07) is 12.7. The molecule has 146 valence electrons. The number of likely N-dealkylation sites (tertiary alicyclic amines) is 1. The van der Waals surface area contributed by atoms with Crippen molar-refractivity contribution in [3.63, 3.8) is 0 Å². The molecule has 0 aromatic heterocycles. The van der Waals surface area contributed by atoms with Crippen LogP contribution in [-0.2, 0) is 11.3 Å². The highest BCUT2D eigenvalue weighted by atomic mass is 16.5. The van der Waals surface area contributed by atoms with Crippen LogP contribution in [0.15, 0.2) is 36.4 Å². The molecule has 2 aromatic carbocycles. The first-order valence-electron chi connectivity index (χ1n) is 10.1. The van der Waals surface area contributed by atoms with Crippen molar-refractivity contribution in [3.8, 4) is 5.75 Å². The van der Waals surface area contributed by atoms with Crippen molar-refractivity contribution in [2.45, 2.75) is 45.6 Å². The Balaban J connectivity index is 1.81. The minimum Gasteiger partial charge on any atom is -0.493 e. The number of hydrogen-bond donors (Lipinski definition) is 2. The predicted molar refractivity (Wildman–Crippen MR) is 109 cm³/mol. The number of hydrazine groups is 1. The minimum atomic E-state index is -0.0614. The van der Waals surface area contributed by atoms with Gasteiger partial charge in [0.2, 0.25) is 5.91 Å². The Bertz CT molecular complexity index is 762. The third-order valence-corrected chi connectivity index (χ3v) is 5.40. The van der Waals surface area contributed by atoms with Crippen molar-refractivity contribution in [1.82, 2.24) is 10.3 Å². The first kappa shape index (κ1) is 19.6. The Morgan fingerprint density at radius 1 is 1.26 bits per heavy atom. The highest BCUT2D eigenvalue weighted by Crippen LogP contribution is 2.31. The lowest BCUT2D eigenvalue weighted by atomic mass is 9.96. The van der Waals surface area contributed by atoms with E-state index in [1.165, 1.54) is 29.2 Å². The second kappa shape index (κ2) is 9.72. The van der Waals surface area contributed by atoms with Crippen LogP contribution in [0.25, 0.3) is 10.8 Å². The monoisotopic (exact) mass is 369 g/mol. The minimum absolute atomic E-state index is 0.0346. The number of nitrogens with zero attached hydrogens (tertiary/aromatic N) is 1. The molecule has 1 heterocycles. The van der Waals surface area contributed by atoms with E-state index in [-0.39, 0.29) is 11.8 Å². The molecule has 1 aliphatic heterocycles. The van der Waals surface area contributed by atoms with Gasteiger partial charge in [-0.05, 0) is 42.6 Å². The van der Waals surface area contributed by atoms with E-state index in [2.05, 4.69) is 53.6 Å². The molecule has 27 heavy (non-hydrogen) atoms. The van der Waals surface area contributed by atoms with Crippen LogP contribution in [0.3, 0.4) is 0 Å². The van der Waals surface area contributed by atoms with E-state index < -0.39 is 0 Å². The van der Waals surface area contributed by atoms with E-state index >= 15 is 0 Å². The van der Waals surface area contributed by atoms with Crippen LogP contribution in [0.2, 0.25) is 0 Å². The van der Waals surface area contributed by atoms with E-state index in [4.69, 9.17) is 10.6 Å². The van der Waals surface area contributed by atoms with Gasteiger partial charge in [0.25, 0.3) is 0 Å². The Kier molecular flexibility index (Phi) is 7.07. The fourth-order valence-corrected chi connectivity index (χ4v) is 3.90. The molecule has 0 aliphatic carbocycles. The standard InChI is InChI=1S/C22H31N3O2/c1-2-3-6-14-27-21-12-11-17-8-4-5-10-19(17)20(21)16-25-13-7-9-18(15-25)22(26)24-23/h4-5,8,10-12,18H,2-3,6-7,9,13-16,23H2,1H3,(H,24,26). The van der Waals surface area contributed by atoms with E-state index in [0.717, 1.165) is 51.3 Å². The lowest BCUT2D eigenvalue weighted by Gasteiger charge is -2.32. The van der Waals surface area contributed by atoms with Gasteiger partial charge >= 0.3 is 0 Å². The number of piperidine rings is 1. The topological polar surface area (TPSA) is 67.6 Å². The lowest BCUT2D eigenvalue weighted by Crippen LogP contribution is -2.44. The van der Waals surface area contributed by atoms with Crippen LogP contribution >= 0.6 is 0 Å². The third kappa shape index (κ3) is 4.99. The Morgan fingerprint density at radius 3 is 2.93 bits per heavy atom. The van der Waals surface area contributed by atoms with Gasteiger partial charge < -0.3 is 4.74 Å². The van der Waals surface area contributed by atoms with Crippen LogP contribution < -0.4 is 16.0 Å². The predicted octanol–water partition coefficient (Wildman–Crippen LogP) is 3.61. The van der Waals surface area contributed by atoms with Gasteiger partial charge in [0, 0.05) is 18.7 Å². The van der Waals surface area contributed by atoms with Crippen LogP contribution in [0.4, 0.5) is 0 Å². The molecule has 5 nitrogen and oxygen atoms in total. The highest BCUT2D eigenvalue weighted by molar-refractivity contribution is 5.87. The lowest BCUT2D eigenvalue weighted by molar-refractivity contribution is -0.126. The van der Waals surface area contributed by atoms with Crippen LogP contribution in [-0.4, -0.2) is 30.5 Å². The number of carbonyl (C=O) groups is 1.